The highest BCUT2D eigenvalue weighted by Crippen LogP contribution is 2.32. The third-order valence-corrected chi connectivity index (χ3v) is 3.94. The van der Waals surface area contributed by atoms with E-state index in [1.807, 2.05) is 17.9 Å². The molecule has 1 aliphatic rings. The zero-order chi connectivity index (χ0) is 11.6. The second kappa shape index (κ2) is 4.58. The summed E-state index contributed by atoms with van der Waals surface area (Å²) >= 11 is 0. The summed E-state index contributed by atoms with van der Waals surface area (Å²) in [5.74, 6) is 0.870. The van der Waals surface area contributed by atoms with E-state index in [-0.39, 0.29) is 5.54 Å². The molecule has 1 aliphatic carbocycles. The highest BCUT2D eigenvalue weighted by molar-refractivity contribution is 5.05. The average Bonchev–Trinajstić information content (AvgIpc) is 2.67. The van der Waals surface area contributed by atoms with Gasteiger partial charge in [-0.25, -0.2) is 0 Å². The van der Waals surface area contributed by atoms with Gasteiger partial charge in [0.25, 0.3) is 0 Å². The molecule has 0 bridgehead atoms. The predicted octanol–water partition coefficient (Wildman–Crippen LogP) is 2.26. The van der Waals surface area contributed by atoms with Crippen molar-refractivity contribution in [3.05, 3.63) is 18.0 Å². The van der Waals surface area contributed by atoms with Crippen LogP contribution in [0, 0.1) is 5.92 Å². The van der Waals surface area contributed by atoms with Gasteiger partial charge in [0.2, 0.25) is 0 Å². The van der Waals surface area contributed by atoms with E-state index in [2.05, 4.69) is 18.2 Å². The van der Waals surface area contributed by atoms with Crippen LogP contribution in [-0.4, -0.2) is 15.3 Å². The Labute approximate surface area is 98.0 Å². The van der Waals surface area contributed by atoms with Gasteiger partial charge in [0, 0.05) is 18.8 Å². The summed E-state index contributed by atoms with van der Waals surface area (Å²) in [6.45, 7) is 2.33. The van der Waals surface area contributed by atoms with Gasteiger partial charge in [-0.05, 0) is 50.0 Å². The van der Waals surface area contributed by atoms with E-state index in [0.29, 0.717) is 0 Å². The molecule has 1 fully saturated rings. The van der Waals surface area contributed by atoms with Crippen molar-refractivity contribution in [3.63, 3.8) is 0 Å². The molecule has 1 aromatic heterocycles. The molecule has 0 saturated heterocycles. The lowest BCUT2D eigenvalue weighted by molar-refractivity contribution is 0.232. The van der Waals surface area contributed by atoms with Gasteiger partial charge < -0.3 is 5.73 Å². The van der Waals surface area contributed by atoms with Gasteiger partial charge in [-0.2, -0.15) is 5.10 Å². The fourth-order valence-electron chi connectivity index (χ4n) is 2.58. The molecule has 0 atom stereocenters. The van der Waals surface area contributed by atoms with Crippen molar-refractivity contribution in [2.75, 3.05) is 0 Å². The van der Waals surface area contributed by atoms with Gasteiger partial charge in [-0.3, -0.25) is 4.68 Å². The summed E-state index contributed by atoms with van der Waals surface area (Å²) in [5, 5.41) is 4.19. The SMILES string of the molecule is CC1CCC(N)(CCc2cnn(C)c2)CC1. The van der Waals surface area contributed by atoms with Crippen LogP contribution in [-0.2, 0) is 13.5 Å². The number of rotatable bonds is 3. The molecule has 2 rings (SSSR count). The molecule has 0 amide bonds. The summed E-state index contributed by atoms with van der Waals surface area (Å²) in [4.78, 5) is 0. The second-order valence-electron chi connectivity index (χ2n) is 5.57. The van der Waals surface area contributed by atoms with Crippen LogP contribution < -0.4 is 5.73 Å². The summed E-state index contributed by atoms with van der Waals surface area (Å²) in [7, 11) is 1.96. The van der Waals surface area contributed by atoms with Crippen LogP contribution in [0.3, 0.4) is 0 Å². The Hall–Kier alpha value is -0.830. The molecule has 1 saturated carbocycles. The van der Waals surface area contributed by atoms with E-state index in [0.717, 1.165) is 18.8 Å². The molecule has 1 heterocycles. The van der Waals surface area contributed by atoms with Crippen molar-refractivity contribution in [3.8, 4) is 0 Å². The maximum Gasteiger partial charge on any atom is 0.0521 e. The van der Waals surface area contributed by atoms with Crippen LogP contribution in [0.15, 0.2) is 12.4 Å². The zero-order valence-corrected chi connectivity index (χ0v) is 10.4. The Morgan fingerprint density at radius 1 is 1.50 bits per heavy atom. The Morgan fingerprint density at radius 2 is 2.19 bits per heavy atom. The maximum atomic E-state index is 6.45. The summed E-state index contributed by atoms with van der Waals surface area (Å²) < 4.78 is 1.86. The van der Waals surface area contributed by atoms with E-state index in [1.54, 1.807) is 0 Å². The quantitative estimate of drug-likeness (QED) is 0.851. The van der Waals surface area contributed by atoms with E-state index >= 15 is 0 Å². The number of hydrogen-bond donors (Lipinski definition) is 1. The molecular formula is C13H23N3. The standard InChI is InChI=1S/C13H23N3/c1-11-3-6-13(14,7-4-11)8-5-12-9-15-16(2)10-12/h9-11H,3-8,14H2,1-2H3. The summed E-state index contributed by atoms with van der Waals surface area (Å²) in [6.07, 6.45) is 11.2. The zero-order valence-electron chi connectivity index (χ0n) is 10.4. The van der Waals surface area contributed by atoms with E-state index in [4.69, 9.17) is 5.73 Å². The lowest BCUT2D eigenvalue weighted by Gasteiger charge is -2.36. The normalized spacial score (nSPS) is 30.6. The van der Waals surface area contributed by atoms with Crippen LogP contribution in [0.25, 0.3) is 0 Å². The molecule has 0 radical (unpaired) electrons. The van der Waals surface area contributed by atoms with Crippen LogP contribution in [0.1, 0.15) is 44.6 Å². The third kappa shape index (κ3) is 2.85. The average molecular weight is 221 g/mol. The molecule has 90 valence electrons. The van der Waals surface area contributed by atoms with E-state index in [9.17, 15) is 0 Å². The van der Waals surface area contributed by atoms with Crippen LogP contribution in [0.4, 0.5) is 0 Å². The Kier molecular flexibility index (Phi) is 3.33. The first kappa shape index (κ1) is 11.6. The molecule has 16 heavy (non-hydrogen) atoms. The topological polar surface area (TPSA) is 43.8 Å². The predicted molar refractivity (Wildman–Crippen MR) is 66.1 cm³/mol. The molecule has 0 aromatic carbocycles. The van der Waals surface area contributed by atoms with Gasteiger partial charge in [0.15, 0.2) is 0 Å². The van der Waals surface area contributed by atoms with E-state index < -0.39 is 0 Å². The lowest BCUT2D eigenvalue weighted by atomic mass is 9.75. The molecule has 3 nitrogen and oxygen atoms in total. The maximum absolute atomic E-state index is 6.45. The van der Waals surface area contributed by atoms with Crippen molar-refractivity contribution in [2.24, 2.45) is 18.7 Å². The van der Waals surface area contributed by atoms with Gasteiger partial charge in [0.1, 0.15) is 0 Å². The summed E-state index contributed by atoms with van der Waals surface area (Å²) in [6, 6.07) is 0. The first-order valence-electron chi connectivity index (χ1n) is 6.34. The highest BCUT2D eigenvalue weighted by Gasteiger charge is 2.29. The Bertz CT molecular complexity index is 335. The smallest absolute Gasteiger partial charge is 0.0521 e. The van der Waals surface area contributed by atoms with Crippen molar-refractivity contribution in [1.82, 2.24) is 9.78 Å². The fraction of sp³-hybridized carbons (Fsp3) is 0.769. The number of nitrogens with two attached hydrogens (primary N) is 1. The molecule has 3 heteroatoms. The largest absolute Gasteiger partial charge is 0.325 e. The van der Waals surface area contributed by atoms with Crippen molar-refractivity contribution < 1.29 is 0 Å². The molecular weight excluding hydrogens is 198 g/mol. The molecule has 2 N–H and O–H groups in total. The fourth-order valence-corrected chi connectivity index (χ4v) is 2.58. The van der Waals surface area contributed by atoms with Crippen molar-refractivity contribution >= 4 is 0 Å². The van der Waals surface area contributed by atoms with Crippen molar-refractivity contribution in [2.45, 2.75) is 51.0 Å². The van der Waals surface area contributed by atoms with Gasteiger partial charge >= 0.3 is 0 Å². The van der Waals surface area contributed by atoms with Crippen molar-refractivity contribution in [1.29, 1.82) is 0 Å². The minimum Gasteiger partial charge on any atom is -0.325 e. The van der Waals surface area contributed by atoms with Crippen LogP contribution >= 0.6 is 0 Å². The van der Waals surface area contributed by atoms with Gasteiger partial charge in [-0.1, -0.05) is 6.92 Å². The number of hydrogen-bond acceptors (Lipinski definition) is 2. The monoisotopic (exact) mass is 221 g/mol. The molecule has 0 spiro atoms. The van der Waals surface area contributed by atoms with Gasteiger partial charge in [0.05, 0.1) is 6.20 Å². The van der Waals surface area contributed by atoms with Crippen LogP contribution in [0.5, 0.6) is 0 Å². The lowest BCUT2D eigenvalue weighted by Crippen LogP contribution is -2.43. The van der Waals surface area contributed by atoms with Crippen LogP contribution in [0.2, 0.25) is 0 Å². The highest BCUT2D eigenvalue weighted by atomic mass is 15.2. The Balaban J connectivity index is 1.85. The molecule has 0 unspecified atom stereocenters. The second-order valence-corrected chi connectivity index (χ2v) is 5.57. The third-order valence-electron chi connectivity index (χ3n) is 3.94. The first-order valence-corrected chi connectivity index (χ1v) is 6.34. The first-order chi connectivity index (χ1) is 7.57. The molecule has 0 aliphatic heterocycles. The van der Waals surface area contributed by atoms with Gasteiger partial charge in [-0.15, -0.1) is 0 Å². The molecule has 1 aromatic rings. The number of aromatic nitrogens is 2. The minimum atomic E-state index is 0.0857. The summed E-state index contributed by atoms with van der Waals surface area (Å²) in [5.41, 5.74) is 7.85. The number of aryl methyl sites for hydroxylation is 2. The minimum absolute atomic E-state index is 0.0857. The number of nitrogens with zero attached hydrogens (tertiary/aromatic N) is 2. The van der Waals surface area contributed by atoms with E-state index in [1.165, 1.54) is 31.2 Å². The Morgan fingerprint density at radius 3 is 2.75 bits per heavy atom.